The number of carbonyl (C=O) groups is 2. The Morgan fingerprint density at radius 3 is 2.26 bits per heavy atom. The molecule has 0 saturated heterocycles. The van der Waals surface area contributed by atoms with E-state index >= 15 is 0 Å². The van der Waals surface area contributed by atoms with Gasteiger partial charge in [-0.3, -0.25) is 9.59 Å². The van der Waals surface area contributed by atoms with Crippen LogP contribution in [0.4, 0.5) is 4.39 Å². The summed E-state index contributed by atoms with van der Waals surface area (Å²) in [5.74, 6) is -1.84. The van der Waals surface area contributed by atoms with Crippen LogP contribution in [0, 0.1) is 5.82 Å². The van der Waals surface area contributed by atoms with Gasteiger partial charge < -0.3 is 21.6 Å². The summed E-state index contributed by atoms with van der Waals surface area (Å²) in [6.07, 6.45) is -2.11. The molecule has 0 unspecified atom stereocenters. The number of aliphatic hydroxyl groups is 2. The number of carbonyl (C=O) groups excluding carboxylic acids is 1. The van der Waals surface area contributed by atoms with Gasteiger partial charge in [0.05, 0.1) is 24.3 Å². The largest absolute Gasteiger partial charge is 1.00 e. The summed E-state index contributed by atoms with van der Waals surface area (Å²) in [7, 11) is 0. The molecular formula is C29H37FN3NaO5. The Morgan fingerprint density at radius 1 is 1.05 bits per heavy atom. The Kier molecular flexibility index (Phi) is 12.8. The van der Waals surface area contributed by atoms with Crippen molar-refractivity contribution in [3.8, 4) is 5.69 Å². The topological polar surface area (TPSA) is 116 Å². The van der Waals surface area contributed by atoms with Crippen molar-refractivity contribution in [1.29, 1.82) is 0 Å². The van der Waals surface area contributed by atoms with E-state index in [-0.39, 0.29) is 55.7 Å². The maximum absolute atomic E-state index is 13.8. The van der Waals surface area contributed by atoms with Gasteiger partial charge in [0.15, 0.2) is 5.69 Å². The molecule has 8 nitrogen and oxygen atoms in total. The summed E-state index contributed by atoms with van der Waals surface area (Å²) < 4.78 is 15.3. The van der Waals surface area contributed by atoms with Crippen molar-refractivity contribution in [3.05, 3.63) is 82.9 Å². The fraction of sp³-hybridized carbons (Fsp3) is 0.414. The number of carboxylic acids is 1. The third-order valence-corrected chi connectivity index (χ3v) is 6.43. The van der Waals surface area contributed by atoms with Crippen LogP contribution in [0.5, 0.6) is 0 Å². The van der Waals surface area contributed by atoms with Crippen LogP contribution in [0.1, 0.15) is 74.7 Å². The van der Waals surface area contributed by atoms with Gasteiger partial charge in [-0.15, -0.1) is 0 Å². The quantitative estimate of drug-likeness (QED) is 0.278. The number of carboxylic acid groups (broad SMARTS) is 1. The molecule has 0 radical (unpaired) electrons. The van der Waals surface area contributed by atoms with Crippen LogP contribution < -0.4 is 29.6 Å². The summed E-state index contributed by atoms with van der Waals surface area (Å²) in [4.78, 5) is 26.4. The average Bonchev–Trinajstić information content (AvgIpc) is 3.26. The van der Waals surface area contributed by atoms with Gasteiger partial charge in [0.2, 0.25) is 0 Å². The van der Waals surface area contributed by atoms with E-state index in [0.29, 0.717) is 36.6 Å². The van der Waals surface area contributed by atoms with Gasteiger partial charge in [-0.05, 0) is 61.9 Å². The van der Waals surface area contributed by atoms with E-state index in [9.17, 15) is 24.2 Å². The minimum Gasteiger partial charge on any atom is -1.00 e. The molecule has 1 aromatic heterocycles. The minimum atomic E-state index is -1.16. The predicted octanol–water partition coefficient (Wildman–Crippen LogP) is 1.43. The molecule has 3 aromatic rings. The molecular weight excluding hydrogens is 512 g/mol. The molecule has 0 aliphatic heterocycles. The van der Waals surface area contributed by atoms with Gasteiger partial charge in [0, 0.05) is 24.3 Å². The number of aromatic nitrogens is 2. The Hall–Kier alpha value is -2.56. The second kappa shape index (κ2) is 15.3. The zero-order valence-corrected chi connectivity index (χ0v) is 25.0. The second-order valence-corrected chi connectivity index (χ2v) is 9.74. The van der Waals surface area contributed by atoms with E-state index in [1.807, 2.05) is 51.1 Å². The Bertz CT molecular complexity index is 1220. The number of amides is 1. The molecule has 0 bridgehead atoms. The van der Waals surface area contributed by atoms with Crippen molar-refractivity contribution >= 4 is 11.9 Å². The van der Waals surface area contributed by atoms with Crippen LogP contribution >= 0.6 is 0 Å². The number of nitrogens with zero attached hydrogens (tertiary/aromatic N) is 3. The molecule has 1 amide bonds. The third kappa shape index (κ3) is 8.98. The first-order valence-corrected chi connectivity index (χ1v) is 12.9. The molecule has 0 aliphatic carbocycles. The number of hydrogen-bond donors (Lipinski definition) is 3. The van der Waals surface area contributed by atoms with E-state index < -0.39 is 30.4 Å². The summed E-state index contributed by atoms with van der Waals surface area (Å²) in [6, 6.07) is 15.5. The third-order valence-electron chi connectivity index (χ3n) is 6.43. The van der Waals surface area contributed by atoms with Crippen molar-refractivity contribution in [2.45, 2.75) is 71.1 Å². The monoisotopic (exact) mass is 549 g/mol. The first kappa shape index (κ1) is 32.7. The summed E-state index contributed by atoms with van der Waals surface area (Å²) in [5, 5.41) is 34.0. The van der Waals surface area contributed by atoms with Gasteiger partial charge in [0.1, 0.15) is 5.82 Å². The van der Waals surface area contributed by atoms with E-state index in [1.165, 1.54) is 12.1 Å². The molecule has 0 saturated carbocycles. The molecule has 206 valence electrons. The van der Waals surface area contributed by atoms with E-state index in [0.717, 1.165) is 11.1 Å². The maximum Gasteiger partial charge on any atom is 1.00 e. The van der Waals surface area contributed by atoms with E-state index in [2.05, 4.69) is 0 Å². The number of rotatable bonds is 13. The molecule has 2 aromatic carbocycles. The fourth-order valence-corrected chi connectivity index (χ4v) is 4.57. The van der Waals surface area contributed by atoms with Gasteiger partial charge in [-0.25, -0.2) is 9.07 Å². The molecule has 1 heterocycles. The molecule has 3 N–H and O–H groups in total. The molecule has 0 aliphatic rings. The van der Waals surface area contributed by atoms with Crippen molar-refractivity contribution in [3.63, 3.8) is 0 Å². The predicted molar refractivity (Wildman–Crippen MR) is 143 cm³/mol. The number of aliphatic hydroxyl groups excluding tert-OH is 2. The first-order valence-electron chi connectivity index (χ1n) is 12.9. The first-order chi connectivity index (χ1) is 18.1. The summed E-state index contributed by atoms with van der Waals surface area (Å²) >= 11 is 0. The number of halogens is 1. The van der Waals surface area contributed by atoms with Crippen molar-refractivity contribution in [2.24, 2.45) is 0 Å². The molecule has 3 rings (SSSR count). The maximum atomic E-state index is 13.8. The normalized spacial score (nSPS) is 12.6. The zero-order valence-electron chi connectivity index (χ0n) is 24.0. The van der Waals surface area contributed by atoms with Gasteiger partial charge in [-0.1, -0.05) is 44.2 Å². The molecule has 0 fully saturated rings. The Balaban J connectivity index is 0.00000400. The van der Waals surface area contributed by atoms with Crippen molar-refractivity contribution in [2.75, 3.05) is 6.54 Å². The van der Waals surface area contributed by atoms with Gasteiger partial charge in [-0.2, -0.15) is 5.10 Å². The van der Waals surface area contributed by atoms with Crippen LogP contribution in [-0.2, 0) is 17.8 Å². The van der Waals surface area contributed by atoms with Gasteiger partial charge in [0.25, 0.3) is 5.91 Å². The van der Waals surface area contributed by atoms with Gasteiger partial charge >= 0.3 is 35.5 Å². The van der Waals surface area contributed by atoms with Crippen LogP contribution in [0.2, 0.25) is 0 Å². The fourth-order valence-electron chi connectivity index (χ4n) is 4.57. The Morgan fingerprint density at radius 2 is 1.69 bits per heavy atom. The van der Waals surface area contributed by atoms with E-state index in [1.54, 1.807) is 21.7 Å². The number of benzene rings is 2. The minimum absolute atomic E-state index is 0. The summed E-state index contributed by atoms with van der Waals surface area (Å²) in [6.45, 7) is 6.74. The molecule has 39 heavy (non-hydrogen) atoms. The second-order valence-electron chi connectivity index (χ2n) is 9.74. The Labute approximate surface area is 252 Å². The molecule has 0 spiro atoms. The van der Waals surface area contributed by atoms with E-state index in [4.69, 9.17) is 10.2 Å². The number of aliphatic carboxylic acids is 1. The van der Waals surface area contributed by atoms with Crippen LogP contribution in [-0.4, -0.2) is 60.6 Å². The average molecular weight is 550 g/mol. The standard InChI is InChI=1S/C29H36FN3O5.Na.H/c1-4-32(18-20-8-6-5-7-9-20)29(38)28-27(19(2)3)25(15-14-23(34)16-24(35)17-26(36)37)33(31-28)22-12-10-21(30)11-13-22;;/h5-13,19,23-24,34-35H,4,14-18H2,1-3H3,(H,36,37);;/q;+1;-1/t23-,24-;;/m1../s1. The number of hydrogen-bond acceptors (Lipinski definition) is 5. The zero-order chi connectivity index (χ0) is 27.8. The van der Waals surface area contributed by atoms with Crippen LogP contribution in [0.15, 0.2) is 54.6 Å². The van der Waals surface area contributed by atoms with Crippen molar-refractivity contribution < 1.29 is 60.3 Å². The summed E-state index contributed by atoms with van der Waals surface area (Å²) in [5.41, 5.74) is 3.32. The van der Waals surface area contributed by atoms with Crippen molar-refractivity contribution in [1.82, 2.24) is 14.7 Å². The SMILES string of the molecule is CCN(Cc1ccccc1)C(=O)c1nn(-c2ccc(F)cc2)c(CC[C@@H](O)C[C@@H](O)CC(=O)O)c1C(C)C.[H-].[Na+]. The molecule has 2 atom stereocenters. The smallest absolute Gasteiger partial charge is 1.00 e. The molecule has 10 heteroatoms. The van der Waals surface area contributed by atoms with Crippen LogP contribution in [0.3, 0.4) is 0 Å². The van der Waals surface area contributed by atoms with Crippen LogP contribution in [0.25, 0.3) is 5.69 Å².